The number of nitrogens with one attached hydrogen (secondary N) is 2. The van der Waals surface area contributed by atoms with E-state index in [1.807, 2.05) is 30.3 Å². The standard InChI is InChI=1S/C15H17N3O2/c1-20-14-8-3-2-7-13(14)18-15(19)11-16-10-12-6-4-5-9-17-12/h2-9,16H,10-11H2,1H3,(H,18,19). The number of carbonyl (C=O) groups excluding carboxylic acids is 1. The van der Waals surface area contributed by atoms with Gasteiger partial charge >= 0.3 is 0 Å². The molecule has 0 atom stereocenters. The summed E-state index contributed by atoms with van der Waals surface area (Å²) in [6.45, 7) is 0.773. The summed E-state index contributed by atoms with van der Waals surface area (Å²) < 4.78 is 5.17. The summed E-state index contributed by atoms with van der Waals surface area (Å²) >= 11 is 0. The molecule has 104 valence electrons. The lowest BCUT2D eigenvalue weighted by molar-refractivity contribution is -0.115. The number of nitrogens with zero attached hydrogens (tertiary/aromatic N) is 1. The molecule has 1 aromatic heterocycles. The second-order valence-electron chi connectivity index (χ2n) is 4.17. The molecule has 1 amide bonds. The minimum absolute atomic E-state index is 0.120. The van der Waals surface area contributed by atoms with Gasteiger partial charge in [0.25, 0.3) is 0 Å². The van der Waals surface area contributed by atoms with E-state index in [4.69, 9.17) is 4.74 Å². The minimum atomic E-state index is -0.120. The average molecular weight is 271 g/mol. The van der Waals surface area contributed by atoms with Crippen LogP contribution in [0.25, 0.3) is 0 Å². The smallest absolute Gasteiger partial charge is 0.238 e. The maximum atomic E-state index is 11.8. The number of para-hydroxylation sites is 2. The van der Waals surface area contributed by atoms with Crippen LogP contribution in [0, 0.1) is 0 Å². The third kappa shape index (κ3) is 4.07. The monoisotopic (exact) mass is 271 g/mol. The van der Waals surface area contributed by atoms with Gasteiger partial charge in [-0.1, -0.05) is 18.2 Å². The number of aromatic nitrogens is 1. The summed E-state index contributed by atoms with van der Waals surface area (Å²) in [5, 5.41) is 5.84. The molecule has 0 radical (unpaired) electrons. The highest BCUT2D eigenvalue weighted by Crippen LogP contribution is 2.22. The molecule has 0 saturated carbocycles. The molecular formula is C15H17N3O2. The Kier molecular flexibility index (Phi) is 5.08. The number of anilines is 1. The fourth-order valence-corrected chi connectivity index (χ4v) is 1.75. The molecular weight excluding hydrogens is 254 g/mol. The molecule has 1 aromatic carbocycles. The average Bonchev–Trinajstić information content (AvgIpc) is 2.49. The summed E-state index contributed by atoms with van der Waals surface area (Å²) in [5.41, 5.74) is 1.57. The second kappa shape index (κ2) is 7.25. The number of rotatable bonds is 6. The van der Waals surface area contributed by atoms with Gasteiger partial charge in [-0.25, -0.2) is 0 Å². The Morgan fingerprint density at radius 2 is 2.00 bits per heavy atom. The van der Waals surface area contributed by atoms with Crippen molar-refractivity contribution >= 4 is 11.6 Å². The van der Waals surface area contributed by atoms with Crippen molar-refractivity contribution in [3.63, 3.8) is 0 Å². The van der Waals surface area contributed by atoms with Crippen molar-refractivity contribution in [3.05, 3.63) is 54.4 Å². The van der Waals surface area contributed by atoms with Crippen molar-refractivity contribution in [1.29, 1.82) is 0 Å². The Bertz CT molecular complexity index is 558. The normalized spacial score (nSPS) is 10.1. The number of hydrogen-bond acceptors (Lipinski definition) is 4. The number of ether oxygens (including phenoxy) is 1. The van der Waals surface area contributed by atoms with Crippen LogP contribution in [-0.4, -0.2) is 24.5 Å². The van der Waals surface area contributed by atoms with Crippen LogP contribution in [0.2, 0.25) is 0 Å². The number of methoxy groups -OCH3 is 1. The SMILES string of the molecule is COc1ccccc1NC(=O)CNCc1ccccn1. The van der Waals surface area contributed by atoms with Crippen LogP contribution in [0.3, 0.4) is 0 Å². The van der Waals surface area contributed by atoms with E-state index >= 15 is 0 Å². The molecule has 0 fully saturated rings. The van der Waals surface area contributed by atoms with Crippen LogP contribution in [0.4, 0.5) is 5.69 Å². The van der Waals surface area contributed by atoms with Crippen LogP contribution < -0.4 is 15.4 Å². The quantitative estimate of drug-likeness (QED) is 0.841. The highest BCUT2D eigenvalue weighted by molar-refractivity contribution is 5.93. The molecule has 0 spiro atoms. The third-order valence-corrected chi connectivity index (χ3v) is 2.70. The predicted molar refractivity (Wildman–Crippen MR) is 77.6 cm³/mol. The van der Waals surface area contributed by atoms with E-state index in [-0.39, 0.29) is 12.5 Å². The van der Waals surface area contributed by atoms with Crippen molar-refractivity contribution in [3.8, 4) is 5.75 Å². The Morgan fingerprint density at radius 3 is 2.75 bits per heavy atom. The third-order valence-electron chi connectivity index (χ3n) is 2.70. The fraction of sp³-hybridized carbons (Fsp3) is 0.200. The van der Waals surface area contributed by atoms with Gasteiger partial charge in [-0.3, -0.25) is 9.78 Å². The zero-order chi connectivity index (χ0) is 14.2. The molecule has 5 heteroatoms. The molecule has 2 aromatic rings. The summed E-state index contributed by atoms with van der Waals surface area (Å²) in [6, 6.07) is 13.0. The Labute approximate surface area is 118 Å². The molecule has 0 unspecified atom stereocenters. The van der Waals surface area contributed by atoms with Gasteiger partial charge in [0.1, 0.15) is 5.75 Å². The lowest BCUT2D eigenvalue weighted by Crippen LogP contribution is -2.28. The number of hydrogen-bond donors (Lipinski definition) is 2. The summed E-state index contributed by atoms with van der Waals surface area (Å²) in [4.78, 5) is 16.0. The molecule has 0 saturated heterocycles. The number of pyridine rings is 1. The van der Waals surface area contributed by atoms with E-state index in [1.54, 1.807) is 25.4 Å². The van der Waals surface area contributed by atoms with Crippen LogP contribution in [0.5, 0.6) is 5.75 Å². The van der Waals surface area contributed by atoms with Gasteiger partial charge in [-0.05, 0) is 24.3 Å². The van der Waals surface area contributed by atoms with Crippen LogP contribution in [0.15, 0.2) is 48.7 Å². The van der Waals surface area contributed by atoms with Crippen molar-refractivity contribution in [2.45, 2.75) is 6.54 Å². The van der Waals surface area contributed by atoms with Crippen molar-refractivity contribution in [2.24, 2.45) is 0 Å². The lowest BCUT2D eigenvalue weighted by atomic mass is 10.3. The summed E-state index contributed by atoms with van der Waals surface area (Å²) in [7, 11) is 1.57. The van der Waals surface area contributed by atoms with E-state index in [0.29, 0.717) is 18.0 Å². The molecule has 0 aliphatic heterocycles. The maximum absolute atomic E-state index is 11.8. The van der Waals surface area contributed by atoms with Crippen LogP contribution in [0.1, 0.15) is 5.69 Å². The van der Waals surface area contributed by atoms with E-state index in [9.17, 15) is 4.79 Å². The molecule has 0 aliphatic carbocycles. The Hall–Kier alpha value is -2.40. The van der Waals surface area contributed by atoms with Gasteiger partial charge in [0.05, 0.1) is 25.0 Å². The summed E-state index contributed by atoms with van der Waals surface area (Å²) in [5.74, 6) is 0.524. The maximum Gasteiger partial charge on any atom is 0.238 e. The first kappa shape index (κ1) is 14.0. The van der Waals surface area contributed by atoms with Gasteiger partial charge in [-0.15, -0.1) is 0 Å². The van der Waals surface area contributed by atoms with Gasteiger partial charge in [0, 0.05) is 12.7 Å². The van der Waals surface area contributed by atoms with Gasteiger partial charge in [-0.2, -0.15) is 0 Å². The van der Waals surface area contributed by atoms with Crippen LogP contribution in [-0.2, 0) is 11.3 Å². The van der Waals surface area contributed by atoms with Gasteiger partial charge < -0.3 is 15.4 Å². The van der Waals surface area contributed by atoms with Gasteiger partial charge in [0.2, 0.25) is 5.91 Å². The zero-order valence-corrected chi connectivity index (χ0v) is 11.3. The number of carbonyl (C=O) groups is 1. The predicted octanol–water partition coefficient (Wildman–Crippen LogP) is 1.82. The zero-order valence-electron chi connectivity index (χ0n) is 11.3. The van der Waals surface area contributed by atoms with E-state index < -0.39 is 0 Å². The molecule has 1 heterocycles. The van der Waals surface area contributed by atoms with E-state index in [0.717, 1.165) is 5.69 Å². The first-order valence-electron chi connectivity index (χ1n) is 6.33. The number of amides is 1. The highest BCUT2D eigenvalue weighted by Gasteiger charge is 2.06. The van der Waals surface area contributed by atoms with Gasteiger partial charge in [0.15, 0.2) is 0 Å². The first-order valence-corrected chi connectivity index (χ1v) is 6.33. The van der Waals surface area contributed by atoms with E-state index in [2.05, 4.69) is 15.6 Å². The molecule has 2 rings (SSSR count). The molecule has 5 nitrogen and oxygen atoms in total. The molecule has 2 N–H and O–H groups in total. The fourth-order valence-electron chi connectivity index (χ4n) is 1.75. The van der Waals surface area contributed by atoms with Crippen LogP contribution >= 0.6 is 0 Å². The Morgan fingerprint density at radius 1 is 1.20 bits per heavy atom. The van der Waals surface area contributed by atoms with Crippen molar-refractivity contribution < 1.29 is 9.53 Å². The summed E-state index contributed by atoms with van der Waals surface area (Å²) in [6.07, 6.45) is 1.73. The first-order chi connectivity index (χ1) is 9.79. The molecule has 0 aliphatic rings. The van der Waals surface area contributed by atoms with E-state index in [1.165, 1.54) is 0 Å². The Balaban J connectivity index is 1.81. The second-order valence-corrected chi connectivity index (χ2v) is 4.17. The largest absolute Gasteiger partial charge is 0.495 e. The lowest BCUT2D eigenvalue weighted by Gasteiger charge is -2.10. The highest BCUT2D eigenvalue weighted by atomic mass is 16.5. The molecule has 0 bridgehead atoms. The number of benzene rings is 1. The van der Waals surface area contributed by atoms with Crippen molar-refractivity contribution in [2.75, 3.05) is 19.0 Å². The topological polar surface area (TPSA) is 63.2 Å². The van der Waals surface area contributed by atoms with Crippen molar-refractivity contribution in [1.82, 2.24) is 10.3 Å². The molecule has 20 heavy (non-hydrogen) atoms. The minimum Gasteiger partial charge on any atom is -0.495 e.